The number of aromatic amines is 1. The summed E-state index contributed by atoms with van der Waals surface area (Å²) in [6, 6.07) is 14.7. The highest BCUT2D eigenvalue weighted by Gasteiger charge is 2.32. The predicted molar refractivity (Wildman–Crippen MR) is 142 cm³/mol. The molecule has 0 aliphatic rings. The molecule has 0 aliphatic heterocycles. The van der Waals surface area contributed by atoms with Crippen molar-refractivity contribution in [3.63, 3.8) is 0 Å². The Hall–Kier alpha value is -3.88. The first-order chi connectivity index (χ1) is 17.7. The number of hydrogen-bond acceptors (Lipinski definition) is 6. The molecule has 0 spiro atoms. The van der Waals surface area contributed by atoms with Crippen molar-refractivity contribution in [2.75, 3.05) is 0 Å². The van der Waals surface area contributed by atoms with E-state index in [0.29, 0.717) is 18.7 Å². The molecule has 0 saturated heterocycles. The Balaban J connectivity index is 0.000000877. The topological polar surface area (TPSA) is 129 Å². The van der Waals surface area contributed by atoms with E-state index < -0.39 is 12.0 Å². The molecule has 0 aliphatic carbocycles. The Morgan fingerprint density at radius 1 is 1.00 bits per heavy atom. The zero-order valence-electron chi connectivity index (χ0n) is 22.3. The summed E-state index contributed by atoms with van der Waals surface area (Å²) in [4.78, 5) is 36.1. The van der Waals surface area contributed by atoms with Crippen LogP contribution in [0.25, 0.3) is 22.5 Å². The van der Waals surface area contributed by atoms with E-state index in [0.717, 1.165) is 35.1 Å². The van der Waals surface area contributed by atoms with Crippen LogP contribution in [0.5, 0.6) is 0 Å². The Labute approximate surface area is 218 Å². The van der Waals surface area contributed by atoms with Crippen molar-refractivity contribution in [2.45, 2.75) is 72.9 Å². The summed E-state index contributed by atoms with van der Waals surface area (Å²) in [7, 11) is 0. The number of aliphatic carboxylic acids is 1. The number of rotatable bonds is 11. The van der Waals surface area contributed by atoms with Crippen LogP contribution in [0.2, 0.25) is 0 Å². The summed E-state index contributed by atoms with van der Waals surface area (Å²) in [6.07, 6.45) is 2.64. The number of carbonyl (C=O) groups excluding carboxylic acids is 2. The van der Waals surface area contributed by atoms with Crippen LogP contribution in [-0.2, 0) is 20.9 Å². The van der Waals surface area contributed by atoms with Crippen LogP contribution in [-0.4, -0.2) is 54.3 Å². The Bertz CT molecular complexity index is 1140. The van der Waals surface area contributed by atoms with E-state index in [9.17, 15) is 19.5 Å². The molecule has 2 aromatic carbocycles. The van der Waals surface area contributed by atoms with E-state index >= 15 is 0 Å². The maximum Gasteiger partial charge on any atom is 0.326 e. The van der Waals surface area contributed by atoms with E-state index in [1.54, 1.807) is 6.92 Å². The third-order valence-electron chi connectivity index (χ3n) is 5.91. The minimum Gasteiger partial charge on any atom is -0.480 e. The molecular formula is C28H37N5O4. The third kappa shape index (κ3) is 8.63. The van der Waals surface area contributed by atoms with Gasteiger partial charge in [-0.15, -0.1) is 10.2 Å². The van der Waals surface area contributed by atoms with Gasteiger partial charge < -0.3 is 14.8 Å². The molecule has 1 unspecified atom stereocenters. The van der Waals surface area contributed by atoms with Crippen molar-refractivity contribution in [3.8, 4) is 22.5 Å². The molecule has 1 atom stereocenters. The summed E-state index contributed by atoms with van der Waals surface area (Å²) in [5, 5.41) is 24.0. The smallest absolute Gasteiger partial charge is 0.326 e. The first-order valence-corrected chi connectivity index (χ1v) is 12.6. The third-order valence-corrected chi connectivity index (χ3v) is 5.91. The lowest BCUT2D eigenvalue weighted by Crippen LogP contribution is -2.47. The molecule has 9 heteroatoms. The fourth-order valence-corrected chi connectivity index (χ4v) is 3.78. The number of nitrogens with zero attached hydrogens (tertiary/aromatic N) is 4. The van der Waals surface area contributed by atoms with Gasteiger partial charge in [0.05, 0.1) is 0 Å². The van der Waals surface area contributed by atoms with Gasteiger partial charge in [0.1, 0.15) is 11.8 Å². The molecule has 9 nitrogen and oxygen atoms in total. The van der Waals surface area contributed by atoms with Crippen LogP contribution in [0.1, 0.15) is 65.9 Å². The van der Waals surface area contributed by atoms with Crippen LogP contribution in [0.3, 0.4) is 0 Å². The number of carboxylic acids is 1. The summed E-state index contributed by atoms with van der Waals surface area (Å²) in [5.74, 6) is -0.530. The number of hydrogen-bond donors (Lipinski definition) is 2. The van der Waals surface area contributed by atoms with Gasteiger partial charge in [-0.05, 0) is 41.2 Å². The second kappa shape index (κ2) is 14.6. The zero-order chi connectivity index (χ0) is 27.4. The van der Waals surface area contributed by atoms with Gasteiger partial charge >= 0.3 is 5.97 Å². The average Bonchev–Trinajstić information content (AvgIpc) is 3.42. The van der Waals surface area contributed by atoms with Gasteiger partial charge in [-0.2, -0.15) is 5.21 Å². The minimum absolute atomic E-state index is 0.125. The standard InChI is InChI=1S/C24H29N5O3.C4H8O/c1-4-5-10-21(30)29(22(16(2)3)24(31)32)15-17-11-13-18(14-12-17)19-8-6-7-9-20(19)23-25-27-28-26-23;1-3-4(2)5/h6-9,11-14,16,22H,4-5,10,15H2,1-3H3,(H,31,32)(H,25,26,27,28);3H2,1-2H3. The molecule has 1 heterocycles. The maximum absolute atomic E-state index is 12.9. The van der Waals surface area contributed by atoms with Gasteiger partial charge in [-0.1, -0.05) is 82.6 Å². The predicted octanol–water partition coefficient (Wildman–Crippen LogP) is 5.15. The lowest BCUT2D eigenvalue weighted by molar-refractivity contribution is -0.153. The first kappa shape index (κ1) is 29.4. The molecule has 0 radical (unpaired) electrons. The number of carboxylic acid groups (broad SMARTS) is 1. The number of Topliss-reactive ketones (excluding diaryl/α,β-unsaturated/α-hetero) is 1. The number of ketones is 1. The van der Waals surface area contributed by atoms with Gasteiger partial charge in [0.25, 0.3) is 0 Å². The van der Waals surface area contributed by atoms with E-state index in [-0.39, 0.29) is 24.2 Å². The lowest BCUT2D eigenvalue weighted by Gasteiger charge is -2.32. The molecular weight excluding hydrogens is 470 g/mol. The highest BCUT2D eigenvalue weighted by Crippen LogP contribution is 2.30. The largest absolute Gasteiger partial charge is 0.480 e. The van der Waals surface area contributed by atoms with Crippen LogP contribution >= 0.6 is 0 Å². The Morgan fingerprint density at radius 3 is 2.11 bits per heavy atom. The molecule has 37 heavy (non-hydrogen) atoms. The summed E-state index contributed by atoms with van der Waals surface area (Å²) < 4.78 is 0. The minimum atomic E-state index is -0.976. The van der Waals surface area contributed by atoms with Gasteiger partial charge in [0.2, 0.25) is 11.7 Å². The van der Waals surface area contributed by atoms with Crippen LogP contribution < -0.4 is 0 Å². The van der Waals surface area contributed by atoms with E-state index in [1.165, 1.54) is 4.90 Å². The normalized spacial score (nSPS) is 11.4. The summed E-state index contributed by atoms with van der Waals surface area (Å²) in [6.45, 7) is 9.36. The maximum atomic E-state index is 12.9. The summed E-state index contributed by atoms with van der Waals surface area (Å²) in [5.41, 5.74) is 3.66. The van der Waals surface area contributed by atoms with Crippen molar-refractivity contribution >= 4 is 17.7 Å². The molecule has 0 bridgehead atoms. The van der Waals surface area contributed by atoms with Gasteiger partial charge in [-0.3, -0.25) is 4.79 Å². The van der Waals surface area contributed by atoms with Crippen molar-refractivity contribution in [1.29, 1.82) is 0 Å². The van der Waals surface area contributed by atoms with E-state index in [1.807, 2.05) is 76.2 Å². The Kier molecular flexibility index (Phi) is 11.6. The van der Waals surface area contributed by atoms with Crippen molar-refractivity contribution in [1.82, 2.24) is 25.5 Å². The van der Waals surface area contributed by atoms with Gasteiger partial charge in [-0.25, -0.2) is 4.79 Å². The van der Waals surface area contributed by atoms with Crippen LogP contribution in [0.15, 0.2) is 48.5 Å². The van der Waals surface area contributed by atoms with Crippen molar-refractivity contribution < 1.29 is 19.5 Å². The zero-order valence-corrected chi connectivity index (χ0v) is 22.3. The highest BCUT2D eigenvalue weighted by atomic mass is 16.4. The fraction of sp³-hybridized carbons (Fsp3) is 0.429. The second-order valence-corrected chi connectivity index (χ2v) is 9.19. The monoisotopic (exact) mass is 507 g/mol. The molecule has 0 saturated carbocycles. The molecule has 2 N–H and O–H groups in total. The van der Waals surface area contributed by atoms with Gasteiger partial charge in [0.15, 0.2) is 0 Å². The molecule has 198 valence electrons. The molecule has 3 aromatic rings. The molecule has 1 aromatic heterocycles. The Morgan fingerprint density at radius 2 is 1.62 bits per heavy atom. The number of benzene rings is 2. The number of aromatic nitrogens is 4. The molecule has 3 rings (SSSR count). The lowest BCUT2D eigenvalue weighted by atomic mass is 9.97. The number of nitrogens with one attached hydrogen (secondary N) is 1. The SMILES string of the molecule is CCC(C)=O.CCCCC(=O)N(Cc1ccc(-c2ccccc2-c2nn[nH]n2)cc1)C(C(=O)O)C(C)C. The van der Waals surface area contributed by atoms with E-state index in [2.05, 4.69) is 20.6 Å². The number of H-pyrrole nitrogens is 1. The number of tetrazole rings is 1. The average molecular weight is 508 g/mol. The quantitative estimate of drug-likeness (QED) is 0.367. The van der Waals surface area contributed by atoms with E-state index in [4.69, 9.17) is 0 Å². The second-order valence-electron chi connectivity index (χ2n) is 9.19. The first-order valence-electron chi connectivity index (χ1n) is 12.6. The molecule has 1 amide bonds. The number of amides is 1. The van der Waals surface area contributed by atoms with Crippen molar-refractivity contribution in [3.05, 3.63) is 54.1 Å². The van der Waals surface area contributed by atoms with Crippen molar-refractivity contribution in [2.24, 2.45) is 5.92 Å². The highest BCUT2D eigenvalue weighted by molar-refractivity contribution is 5.84. The number of carbonyl (C=O) groups is 3. The van der Waals surface area contributed by atoms with Crippen LogP contribution in [0, 0.1) is 5.92 Å². The van der Waals surface area contributed by atoms with Gasteiger partial charge in [0, 0.05) is 24.9 Å². The number of unbranched alkanes of at least 4 members (excludes halogenated alkanes) is 1. The van der Waals surface area contributed by atoms with Crippen LogP contribution in [0.4, 0.5) is 0 Å². The fourth-order valence-electron chi connectivity index (χ4n) is 3.78. The summed E-state index contributed by atoms with van der Waals surface area (Å²) >= 11 is 0. The molecule has 0 fully saturated rings.